The minimum Gasteiger partial charge on any atom is -0.459 e. The minimum atomic E-state index is -3.60. The van der Waals surface area contributed by atoms with Crippen LogP contribution in [-0.2, 0) is 21.0 Å². The molecule has 7 nitrogen and oxygen atoms in total. The average molecular weight is 399 g/mol. The zero-order chi connectivity index (χ0) is 20.4. The van der Waals surface area contributed by atoms with E-state index in [1.807, 2.05) is 20.8 Å². The molecule has 1 amide bonds. The molecule has 2 heterocycles. The van der Waals surface area contributed by atoms with Crippen molar-refractivity contribution in [2.24, 2.45) is 0 Å². The van der Waals surface area contributed by atoms with Gasteiger partial charge in [0.2, 0.25) is 0 Å². The van der Waals surface area contributed by atoms with Crippen LogP contribution < -0.4 is 5.32 Å². The number of sulfone groups is 1. The molecule has 1 aromatic carbocycles. The summed E-state index contributed by atoms with van der Waals surface area (Å²) in [5.41, 5.74) is 0.475. The summed E-state index contributed by atoms with van der Waals surface area (Å²) in [6.45, 7) is 5.97. The van der Waals surface area contributed by atoms with Crippen molar-refractivity contribution in [3.63, 3.8) is 0 Å². The predicted molar refractivity (Wildman–Crippen MR) is 105 cm³/mol. The second-order valence-electron chi connectivity index (χ2n) is 7.35. The molecule has 0 atom stereocenters. The van der Waals surface area contributed by atoms with Gasteiger partial charge in [0.1, 0.15) is 5.82 Å². The van der Waals surface area contributed by atoms with E-state index in [-0.39, 0.29) is 27.4 Å². The highest BCUT2D eigenvalue weighted by atomic mass is 32.2. The Bertz CT molecular complexity index is 1070. The molecule has 0 unspecified atom stereocenters. The van der Waals surface area contributed by atoms with Crippen molar-refractivity contribution in [3.05, 3.63) is 72.2 Å². The topological polar surface area (TPSA) is 102 Å². The molecule has 146 valence electrons. The van der Waals surface area contributed by atoms with Gasteiger partial charge >= 0.3 is 0 Å². The van der Waals surface area contributed by atoms with E-state index in [0.29, 0.717) is 11.5 Å². The van der Waals surface area contributed by atoms with Crippen LogP contribution in [0, 0.1) is 0 Å². The Kier molecular flexibility index (Phi) is 5.33. The minimum absolute atomic E-state index is 0.0561. The van der Waals surface area contributed by atoms with Crippen molar-refractivity contribution in [3.8, 4) is 0 Å². The van der Waals surface area contributed by atoms with Gasteiger partial charge in [-0.05, 0) is 18.2 Å². The van der Waals surface area contributed by atoms with E-state index in [1.165, 1.54) is 36.9 Å². The third-order valence-corrected chi connectivity index (χ3v) is 5.66. The van der Waals surface area contributed by atoms with Gasteiger partial charge in [0.15, 0.2) is 15.6 Å². The number of rotatable bonds is 5. The average Bonchev–Trinajstić information content (AvgIpc) is 3.10. The molecule has 0 spiro atoms. The van der Waals surface area contributed by atoms with Crippen LogP contribution in [0.1, 0.15) is 42.7 Å². The molecule has 0 aliphatic rings. The van der Waals surface area contributed by atoms with Crippen LogP contribution >= 0.6 is 0 Å². The fourth-order valence-electron chi connectivity index (χ4n) is 2.53. The Morgan fingerprint density at radius 2 is 1.71 bits per heavy atom. The highest BCUT2D eigenvalue weighted by Crippen LogP contribution is 2.22. The maximum atomic E-state index is 12.6. The third kappa shape index (κ3) is 4.45. The van der Waals surface area contributed by atoms with E-state index in [0.717, 1.165) is 0 Å². The number of furan rings is 1. The molecule has 0 saturated heterocycles. The first-order valence-corrected chi connectivity index (χ1v) is 10.3. The Morgan fingerprint density at radius 1 is 1.07 bits per heavy atom. The monoisotopic (exact) mass is 399 g/mol. The van der Waals surface area contributed by atoms with Gasteiger partial charge in [0.25, 0.3) is 5.91 Å². The Balaban J connectivity index is 1.77. The van der Waals surface area contributed by atoms with E-state index in [4.69, 9.17) is 4.42 Å². The summed E-state index contributed by atoms with van der Waals surface area (Å²) in [7, 11) is -3.60. The van der Waals surface area contributed by atoms with E-state index in [1.54, 1.807) is 18.2 Å². The van der Waals surface area contributed by atoms with E-state index in [2.05, 4.69) is 15.3 Å². The highest BCUT2D eigenvalue weighted by molar-refractivity contribution is 7.90. The first kappa shape index (κ1) is 19.8. The summed E-state index contributed by atoms with van der Waals surface area (Å²) in [5, 5.41) is 2.64. The molecular weight excluding hydrogens is 378 g/mol. The number of nitrogens with zero attached hydrogens (tertiary/aromatic N) is 2. The first-order chi connectivity index (χ1) is 13.2. The maximum Gasteiger partial charge on any atom is 0.291 e. The lowest BCUT2D eigenvalue weighted by Crippen LogP contribution is -2.18. The molecule has 0 fully saturated rings. The number of carbonyl (C=O) groups excluding carboxylic acids is 1. The molecule has 2 aromatic heterocycles. The van der Waals surface area contributed by atoms with Crippen molar-refractivity contribution in [2.45, 2.75) is 36.8 Å². The molecule has 3 aromatic rings. The second-order valence-corrected chi connectivity index (χ2v) is 9.34. The Morgan fingerprint density at radius 3 is 2.32 bits per heavy atom. The fraction of sp³-hybridized carbons (Fsp3) is 0.250. The van der Waals surface area contributed by atoms with E-state index >= 15 is 0 Å². The van der Waals surface area contributed by atoms with Crippen LogP contribution in [0.3, 0.4) is 0 Å². The largest absolute Gasteiger partial charge is 0.459 e. The van der Waals surface area contributed by atoms with Gasteiger partial charge < -0.3 is 9.73 Å². The van der Waals surface area contributed by atoms with Gasteiger partial charge in [-0.25, -0.2) is 18.4 Å². The Hall–Kier alpha value is -3.00. The Labute approximate surface area is 163 Å². The number of anilines is 1. The van der Waals surface area contributed by atoms with E-state index in [9.17, 15) is 13.2 Å². The summed E-state index contributed by atoms with van der Waals surface area (Å²) in [4.78, 5) is 21.2. The van der Waals surface area contributed by atoms with Gasteiger partial charge in [0.05, 0.1) is 35.0 Å². The predicted octanol–water partition coefficient (Wildman–Crippen LogP) is 3.59. The van der Waals surface area contributed by atoms with Crippen LogP contribution in [0.2, 0.25) is 0 Å². The smallest absolute Gasteiger partial charge is 0.291 e. The van der Waals surface area contributed by atoms with Crippen molar-refractivity contribution in [1.29, 1.82) is 0 Å². The zero-order valence-corrected chi connectivity index (χ0v) is 16.7. The van der Waals surface area contributed by atoms with E-state index < -0.39 is 15.7 Å². The van der Waals surface area contributed by atoms with Gasteiger partial charge in [-0.15, -0.1) is 0 Å². The third-order valence-electron chi connectivity index (χ3n) is 3.98. The normalized spacial score (nSPS) is 12.0. The quantitative estimate of drug-likeness (QED) is 0.703. The molecule has 0 aliphatic heterocycles. The summed E-state index contributed by atoms with van der Waals surface area (Å²) in [5.74, 6) is -0.302. The van der Waals surface area contributed by atoms with Crippen molar-refractivity contribution in [2.75, 3.05) is 5.32 Å². The number of benzene rings is 1. The standard InChI is InChI=1S/C20H21N3O4S/c1-20(2,3)19-21-11-15(12-22-19)23-18(24)17-14(9-10-27-17)13-28(25,26)16-7-5-4-6-8-16/h4-12H,13H2,1-3H3,(H,23,24). The molecule has 0 radical (unpaired) electrons. The van der Waals surface area contributed by atoms with Crippen LogP contribution in [0.15, 0.2) is 64.4 Å². The summed E-state index contributed by atoms with van der Waals surface area (Å²) >= 11 is 0. The fourth-order valence-corrected chi connectivity index (χ4v) is 3.91. The van der Waals surface area contributed by atoms with Crippen molar-refractivity contribution >= 4 is 21.4 Å². The van der Waals surface area contributed by atoms with Crippen molar-refractivity contribution in [1.82, 2.24) is 9.97 Å². The molecule has 8 heteroatoms. The SMILES string of the molecule is CC(C)(C)c1ncc(NC(=O)c2occc2CS(=O)(=O)c2ccccc2)cn1. The molecule has 0 saturated carbocycles. The second kappa shape index (κ2) is 7.55. The molecule has 0 bridgehead atoms. The number of hydrogen-bond donors (Lipinski definition) is 1. The molecular formula is C20H21N3O4S. The lowest BCUT2D eigenvalue weighted by Gasteiger charge is -2.16. The van der Waals surface area contributed by atoms with Crippen LogP contribution in [-0.4, -0.2) is 24.3 Å². The number of aromatic nitrogens is 2. The van der Waals surface area contributed by atoms with Gasteiger partial charge in [0, 0.05) is 11.0 Å². The number of nitrogens with one attached hydrogen (secondary N) is 1. The molecule has 0 aliphatic carbocycles. The number of hydrogen-bond acceptors (Lipinski definition) is 6. The first-order valence-electron chi connectivity index (χ1n) is 8.65. The summed E-state index contributed by atoms with van der Waals surface area (Å²) in [6, 6.07) is 9.55. The molecule has 1 N–H and O–H groups in total. The zero-order valence-electron chi connectivity index (χ0n) is 15.8. The molecule has 3 rings (SSSR count). The van der Waals surface area contributed by atoms with Gasteiger partial charge in [-0.1, -0.05) is 39.0 Å². The van der Waals surface area contributed by atoms with Crippen molar-refractivity contribution < 1.29 is 17.6 Å². The molecule has 28 heavy (non-hydrogen) atoms. The van der Waals surface area contributed by atoms with Crippen LogP contribution in [0.4, 0.5) is 5.69 Å². The number of amides is 1. The lowest BCUT2D eigenvalue weighted by atomic mass is 9.96. The highest BCUT2D eigenvalue weighted by Gasteiger charge is 2.23. The summed E-state index contributed by atoms with van der Waals surface area (Å²) in [6.07, 6.45) is 4.31. The van der Waals surface area contributed by atoms with Gasteiger partial charge in [-0.3, -0.25) is 4.79 Å². The van der Waals surface area contributed by atoms with Crippen LogP contribution in [0.5, 0.6) is 0 Å². The lowest BCUT2D eigenvalue weighted by molar-refractivity contribution is 0.0995. The number of carbonyl (C=O) groups is 1. The van der Waals surface area contributed by atoms with Crippen LogP contribution in [0.25, 0.3) is 0 Å². The van der Waals surface area contributed by atoms with Gasteiger partial charge in [-0.2, -0.15) is 0 Å². The maximum absolute atomic E-state index is 12.6. The summed E-state index contributed by atoms with van der Waals surface area (Å²) < 4.78 is 30.4.